The van der Waals surface area contributed by atoms with E-state index in [-0.39, 0.29) is 0 Å². The number of benzene rings is 2. The van der Waals surface area contributed by atoms with Crippen molar-refractivity contribution in [2.45, 2.75) is 13.8 Å². The van der Waals surface area contributed by atoms with Crippen LogP contribution in [0.1, 0.15) is 11.1 Å². The highest BCUT2D eigenvalue weighted by molar-refractivity contribution is 5.89. The predicted molar refractivity (Wildman–Crippen MR) is 55.1 cm³/mol. The Kier molecular flexibility index (Phi) is 1.73. The quantitative estimate of drug-likeness (QED) is 0.647. The van der Waals surface area contributed by atoms with Gasteiger partial charge in [-0.2, -0.15) is 0 Å². The second-order valence-corrected chi connectivity index (χ2v) is 3.46. The van der Waals surface area contributed by atoms with Gasteiger partial charge in [-0.15, -0.1) is 0 Å². The Morgan fingerprint density at radius 2 is 1.77 bits per heavy atom. The summed E-state index contributed by atoms with van der Waals surface area (Å²) in [6, 6.07) is 10.0. The zero-order valence-corrected chi connectivity index (χ0v) is 7.83. The van der Waals surface area contributed by atoms with E-state index < -0.39 is 0 Å². The first-order valence-corrected chi connectivity index (χ1v) is 4.37. The van der Waals surface area contributed by atoms with Gasteiger partial charge in [0.15, 0.2) is 0 Å². The molecule has 2 aromatic carbocycles. The molecule has 0 aliphatic carbocycles. The molecule has 0 saturated heterocycles. The van der Waals surface area contributed by atoms with Gasteiger partial charge in [0.2, 0.25) is 0 Å². The minimum Gasteiger partial charge on any atom is -0.507 e. The zero-order valence-electron chi connectivity index (χ0n) is 7.83. The normalized spacial score (nSPS) is 10.6. The minimum atomic E-state index is 0.400. The zero-order chi connectivity index (χ0) is 9.42. The van der Waals surface area contributed by atoms with Crippen LogP contribution in [0.15, 0.2) is 30.3 Å². The predicted octanol–water partition coefficient (Wildman–Crippen LogP) is 3.16. The molecule has 1 heteroatoms. The van der Waals surface area contributed by atoms with Gasteiger partial charge in [-0.05, 0) is 24.8 Å². The van der Waals surface area contributed by atoms with Crippen LogP contribution in [0.25, 0.3) is 10.8 Å². The van der Waals surface area contributed by atoms with E-state index in [2.05, 4.69) is 13.0 Å². The fraction of sp³-hybridized carbons (Fsp3) is 0.167. The molecule has 1 N–H and O–H groups in total. The molecular formula is C12H12O. The standard InChI is InChI=1S/C12H12O/c1-8-3-6-11-10(7-8)5-4-9(2)12(11)13/h3-7,13H,1-2H3. The average Bonchev–Trinajstić information content (AvgIpc) is 2.12. The van der Waals surface area contributed by atoms with E-state index in [1.807, 2.05) is 31.2 Å². The molecule has 13 heavy (non-hydrogen) atoms. The van der Waals surface area contributed by atoms with Crippen LogP contribution in [0.4, 0.5) is 0 Å². The summed E-state index contributed by atoms with van der Waals surface area (Å²) in [5.74, 6) is 0.400. The number of rotatable bonds is 0. The van der Waals surface area contributed by atoms with Crippen LogP contribution in [0.3, 0.4) is 0 Å². The van der Waals surface area contributed by atoms with E-state index in [4.69, 9.17) is 0 Å². The summed E-state index contributed by atoms with van der Waals surface area (Å²) >= 11 is 0. The minimum absolute atomic E-state index is 0.400. The fourth-order valence-corrected chi connectivity index (χ4v) is 1.54. The van der Waals surface area contributed by atoms with Gasteiger partial charge < -0.3 is 5.11 Å². The van der Waals surface area contributed by atoms with Crippen molar-refractivity contribution in [3.63, 3.8) is 0 Å². The third-order valence-electron chi connectivity index (χ3n) is 2.35. The summed E-state index contributed by atoms with van der Waals surface area (Å²) in [4.78, 5) is 0. The Hall–Kier alpha value is -1.50. The number of fused-ring (bicyclic) bond motifs is 1. The molecule has 0 aliphatic heterocycles. The molecule has 0 amide bonds. The number of aromatic hydroxyl groups is 1. The lowest BCUT2D eigenvalue weighted by Crippen LogP contribution is -1.79. The van der Waals surface area contributed by atoms with Gasteiger partial charge in [0, 0.05) is 5.39 Å². The summed E-state index contributed by atoms with van der Waals surface area (Å²) < 4.78 is 0. The van der Waals surface area contributed by atoms with Gasteiger partial charge in [0.1, 0.15) is 5.75 Å². The lowest BCUT2D eigenvalue weighted by atomic mass is 10.0. The summed E-state index contributed by atoms with van der Waals surface area (Å²) in [7, 11) is 0. The third kappa shape index (κ3) is 1.26. The van der Waals surface area contributed by atoms with Gasteiger partial charge >= 0.3 is 0 Å². The molecule has 0 heterocycles. The van der Waals surface area contributed by atoms with Crippen LogP contribution >= 0.6 is 0 Å². The van der Waals surface area contributed by atoms with Crippen molar-refractivity contribution in [2.24, 2.45) is 0 Å². The van der Waals surface area contributed by atoms with E-state index >= 15 is 0 Å². The first kappa shape index (κ1) is 8.11. The van der Waals surface area contributed by atoms with Crippen molar-refractivity contribution < 1.29 is 5.11 Å². The second kappa shape index (κ2) is 2.77. The van der Waals surface area contributed by atoms with E-state index in [9.17, 15) is 5.11 Å². The van der Waals surface area contributed by atoms with Crippen LogP contribution in [0.2, 0.25) is 0 Å². The van der Waals surface area contributed by atoms with E-state index in [0.29, 0.717) is 5.75 Å². The van der Waals surface area contributed by atoms with Gasteiger partial charge in [0.25, 0.3) is 0 Å². The fourth-order valence-electron chi connectivity index (χ4n) is 1.54. The number of aryl methyl sites for hydroxylation is 2. The first-order chi connectivity index (χ1) is 6.18. The number of hydrogen-bond donors (Lipinski definition) is 1. The van der Waals surface area contributed by atoms with E-state index in [1.165, 1.54) is 5.56 Å². The second-order valence-electron chi connectivity index (χ2n) is 3.46. The summed E-state index contributed by atoms with van der Waals surface area (Å²) in [5, 5.41) is 11.8. The molecule has 66 valence electrons. The molecule has 0 spiro atoms. The molecule has 0 bridgehead atoms. The van der Waals surface area contributed by atoms with Crippen molar-refractivity contribution in [1.82, 2.24) is 0 Å². The van der Waals surface area contributed by atoms with Gasteiger partial charge in [-0.1, -0.05) is 35.9 Å². The summed E-state index contributed by atoms with van der Waals surface area (Å²) in [6.45, 7) is 3.96. The molecule has 0 saturated carbocycles. The van der Waals surface area contributed by atoms with Crippen molar-refractivity contribution >= 4 is 10.8 Å². The van der Waals surface area contributed by atoms with Crippen molar-refractivity contribution in [1.29, 1.82) is 0 Å². The van der Waals surface area contributed by atoms with Gasteiger partial charge in [0.05, 0.1) is 0 Å². The molecule has 0 atom stereocenters. The Bertz CT molecular complexity index is 458. The van der Waals surface area contributed by atoms with Gasteiger partial charge in [-0.3, -0.25) is 0 Å². The number of phenols is 1. The van der Waals surface area contributed by atoms with Crippen molar-refractivity contribution in [2.75, 3.05) is 0 Å². The molecule has 2 rings (SSSR count). The Morgan fingerprint density at radius 3 is 2.54 bits per heavy atom. The number of hydrogen-bond acceptors (Lipinski definition) is 1. The SMILES string of the molecule is Cc1ccc2c(O)c(C)ccc2c1. The first-order valence-electron chi connectivity index (χ1n) is 4.37. The van der Waals surface area contributed by atoms with Crippen LogP contribution in [0.5, 0.6) is 5.75 Å². The summed E-state index contributed by atoms with van der Waals surface area (Å²) in [6.07, 6.45) is 0. The monoisotopic (exact) mass is 172 g/mol. The molecule has 0 aliphatic rings. The maximum Gasteiger partial charge on any atom is 0.126 e. The Balaban J connectivity index is 2.87. The average molecular weight is 172 g/mol. The van der Waals surface area contributed by atoms with E-state index in [1.54, 1.807) is 0 Å². The Morgan fingerprint density at radius 1 is 1.00 bits per heavy atom. The maximum absolute atomic E-state index is 9.75. The smallest absolute Gasteiger partial charge is 0.126 e. The molecular weight excluding hydrogens is 160 g/mol. The molecule has 0 fully saturated rings. The topological polar surface area (TPSA) is 20.2 Å². The van der Waals surface area contributed by atoms with E-state index in [0.717, 1.165) is 16.3 Å². The van der Waals surface area contributed by atoms with Crippen LogP contribution < -0.4 is 0 Å². The third-order valence-corrected chi connectivity index (χ3v) is 2.35. The molecule has 1 nitrogen and oxygen atoms in total. The largest absolute Gasteiger partial charge is 0.507 e. The molecule has 2 aromatic rings. The Labute approximate surface area is 77.6 Å². The number of phenolic OH excluding ortho intramolecular Hbond substituents is 1. The lowest BCUT2D eigenvalue weighted by Gasteiger charge is -2.04. The van der Waals surface area contributed by atoms with Gasteiger partial charge in [-0.25, -0.2) is 0 Å². The van der Waals surface area contributed by atoms with Crippen molar-refractivity contribution in [3.05, 3.63) is 41.5 Å². The molecule has 0 aromatic heterocycles. The van der Waals surface area contributed by atoms with Crippen LogP contribution in [-0.2, 0) is 0 Å². The summed E-state index contributed by atoms with van der Waals surface area (Å²) in [5.41, 5.74) is 2.15. The van der Waals surface area contributed by atoms with Crippen LogP contribution in [-0.4, -0.2) is 5.11 Å². The maximum atomic E-state index is 9.75. The molecule has 0 unspecified atom stereocenters. The van der Waals surface area contributed by atoms with Crippen molar-refractivity contribution in [3.8, 4) is 5.75 Å². The lowest BCUT2D eigenvalue weighted by molar-refractivity contribution is 0.477. The van der Waals surface area contributed by atoms with Crippen LogP contribution in [0, 0.1) is 13.8 Å². The highest BCUT2D eigenvalue weighted by atomic mass is 16.3. The molecule has 0 radical (unpaired) electrons. The highest BCUT2D eigenvalue weighted by Gasteiger charge is 2.01. The highest BCUT2D eigenvalue weighted by Crippen LogP contribution is 2.28.